The van der Waals surface area contributed by atoms with Crippen LogP contribution in [0.2, 0.25) is 0 Å². The van der Waals surface area contributed by atoms with Crippen LogP contribution in [0.15, 0.2) is 29.3 Å². The number of carbonyl (C=O) groups is 1. The van der Waals surface area contributed by atoms with Crippen molar-refractivity contribution in [2.24, 2.45) is 4.99 Å². The largest absolute Gasteiger partial charge is 0.389 e. The van der Waals surface area contributed by atoms with Gasteiger partial charge in [-0.05, 0) is 24.5 Å². The van der Waals surface area contributed by atoms with Crippen LogP contribution >= 0.6 is 0 Å². The maximum Gasteiger partial charge on any atom is 0.389 e. The maximum absolute atomic E-state index is 12.1. The molecule has 1 amide bonds. The van der Waals surface area contributed by atoms with Gasteiger partial charge < -0.3 is 16.0 Å². The highest BCUT2D eigenvalue weighted by Gasteiger charge is 2.26. The molecule has 0 bridgehead atoms. The Labute approximate surface area is 145 Å². The third-order valence-electron chi connectivity index (χ3n) is 4.03. The molecule has 1 aromatic rings. The molecule has 0 saturated carbocycles. The number of anilines is 1. The zero-order chi connectivity index (χ0) is 18.3. The highest BCUT2D eigenvalue weighted by Crippen LogP contribution is 2.31. The number of amides is 1. The zero-order valence-electron chi connectivity index (χ0n) is 14.1. The molecule has 0 radical (unpaired) electrons. The first-order valence-electron chi connectivity index (χ1n) is 8.29. The van der Waals surface area contributed by atoms with Crippen LogP contribution in [0.3, 0.4) is 0 Å². The Morgan fingerprint density at radius 1 is 1.28 bits per heavy atom. The minimum absolute atomic E-state index is 0.0220. The summed E-state index contributed by atoms with van der Waals surface area (Å²) in [6.07, 6.45) is -3.99. The van der Waals surface area contributed by atoms with E-state index in [0.717, 1.165) is 11.3 Å². The molecule has 1 heterocycles. The third kappa shape index (κ3) is 6.28. The number of nitrogens with zero attached hydrogens (tertiary/aromatic N) is 1. The highest BCUT2D eigenvalue weighted by atomic mass is 19.4. The average Bonchev–Trinajstić information content (AvgIpc) is 2.56. The van der Waals surface area contributed by atoms with Gasteiger partial charge in [0, 0.05) is 44.6 Å². The van der Waals surface area contributed by atoms with Crippen molar-refractivity contribution in [1.29, 1.82) is 0 Å². The molecule has 1 atom stereocenters. The molecule has 5 nitrogen and oxygen atoms in total. The van der Waals surface area contributed by atoms with E-state index in [1.54, 1.807) is 7.05 Å². The number of fused-ring (bicyclic) bond motifs is 1. The normalized spacial score (nSPS) is 17.7. The summed E-state index contributed by atoms with van der Waals surface area (Å²) in [5.74, 6) is 0.518. The summed E-state index contributed by atoms with van der Waals surface area (Å²) in [6.45, 7) is 0.935. The lowest BCUT2D eigenvalue weighted by Crippen LogP contribution is -2.41. The third-order valence-corrected chi connectivity index (χ3v) is 4.03. The summed E-state index contributed by atoms with van der Waals surface area (Å²) in [5.41, 5.74) is 1.89. The van der Waals surface area contributed by atoms with E-state index >= 15 is 0 Å². The number of aliphatic imine (C=N–C) groups is 1. The molecule has 2 rings (SSSR count). The number of hydrogen-bond donors (Lipinski definition) is 3. The number of alkyl halides is 3. The SMILES string of the molecule is CN=C(NCCCCC(F)(F)F)NCC1CC(=O)Nc2ccccc21. The van der Waals surface area contributed by atoms with Gasteiger partial charge in [0.05, 0.1) is 0 Å². The number of unbranched alkanes of at least 4 members (excludes halogenated alkanes) is 1. The predicted molar refractivity (Wildman–Crippen MR) is 91.7 cm³/mol. The average molecular weight is 356 g/mol. The lowest BCUT2D eigenvalue weighted by atomic mass is 9.90. The second-order valence-corrected chi connectivity index (χ2v) is 5.99. The van der Waals surface area contributed by atoms with E-state index in [4.69, 9.17) is 0 Å². The van der Waals surface area contributed by atoms with Crippen LogP contribution in [0.1, 0.15) is 37.2 Å². The van der Waals surface area contributed by atoms with E-state index in [0.29, 0.717) is 31.9 Å². The van der Waals surface area contributed by atoms with Gasteiger partial charge in [-0.3, -0.25) is 9.79 Å². The fourth-order valence-corrected chi connectivity index (χ4v) is 2.78. The number of halogens is 3. The topological polar surface area (TPSA) is 65.5 Å². The van der Waals surface area contributed by atoms with Crippen molar-refractivity contribution in [2.75, 3.05) is 25.5 Å². The van der Waals surface area contributed by atoms with Crippen LogP contribution in [-0.2, 0) is 4.79 Å². The van der Waals surface area contributed by atoms with E-state index in [9.17, 15) is 18.0 Å². The van der Waals surface area contributed by atoms with Crippen molar-refractivity contribution < 1.29 is 18.0 Å². The standard InChI is InChI=1S/C17H23F3N4O/c1-21-16(22-9-5-4-8-17(18,19)20)23-11-12-10-15(25)24-14-7-3-2-6-13(12)14/h2-3,6-7,12H,4-5,8-11H2,1H3,(H,24,25)(H2,21,22,23). The molecule has 0 spiro atoms. The molecular weight excluding hydrogens is 333 g/mol. The minimum Gasteiger partial charge on any atom is -0.356 e. The summed E-state index contributed by atoms with van der Waals surface area (Å²) in [7, 11) is 1.60. The van der Waals surface area contributed by atoms with E-state index in [-0.39, 0.29) is 18.2 Å². The summed E-state index contributed by atoms with van der Waals surface area (Å²) >= 11 is 0. The highest BCUT2D eigenvalue weighted by molar-refractivity contribution is 5.94. The molecular formula is C17H23F3N4O. The Hall–Kier alpha value is -2.25. The van der Waals surface area contributed by atoms with Gasteiger partial charge in [0.15, 0.2) is 5.96 Å². The number of rotatable bonds is 6. The van der Waals surface area contributed by atoms with Crippen LogP contribution in [0.4, 0.5) is 18.9 Å². The summed E-state index contributed by atoms with van der Waals surface area (Å²) in [4.78, 5) is 15.9. The lowest BCUT2D eigenvalue weighted by Gasteiger charge is -2.26. The molecule has 1 aliphatic rings. The quantitative estimate of drug-likeness (QED) is 0.417. The van der Waals surface area contributed by atoms with Gasteiger partial charge in [-0.2, -0.15) is 13.2 Å². The van der Waals surface area contributed by atoms with Crippen LogP contribution in [0.5, 0.6) is 0 Å². The fraction of sp³-hybridized carbons (Fsp3) is 0.529. The van der Waals surface area contributed by atoms with Gasteiger partial charge >= 0.3 is 6.18 Å². The van der Waals surface area contributed by atoms with Crippen LogP contribution in [0, 0.1) is 0 Å². The summed E-state index contributed by atoms with van der Waals surface area (Å²) in [5, 5.41) is 8.99. The van der Waals surface area contributed by atoms with E-state index < -0.39 is 12.6 Å². The van der Waals surface area contributed by atoms with Crippen molar-refractivity contribution in [1.82, 2.24) is 10.6 Å². The van der Waals surface area contributed by atoms with Crippen LogP contribution < -0.4 is 16.0 Å². The second kappa shape index (κ2) is 8.73. The van der Waals surface area contributed by atoms with Crippen LogP contribution in [-0.4, -0.2) is 38.2 Å². The zero-order valence-corrected chi connectivity index (χ0v) is 14.1. The molecule has 1 aliphatic heterocycles. The molecule has 3 N–H and O–H groups in total. The molecule has 138 valence electrons. The number of benzene rings is 1. The first-order chi connectivity index (χ1) is 11.9. The molecule has 0 aromatic heterocycles. The van der Waals surface area contributed by atoms with Crippen LogP contribution in [0.25, 0.3) is 0 Å². The molecule has 25 heavy (non-hydrogen) atoms. The number of nitrogens with one attached hydrogen (secondary N) is 3. The van der Waals surface area contributed by atoms with Gasteiger partial charge in [0.1, 0.15) is 0 Å². The minimum atomic E-state index is -4.10. The Bertz CT molecular complexity index is 616. The van der Waals surface area contributed by atoms with Gasteiger partial charge in [0.2, 0.25) is 5.91 Å². The number of carbonyl (C=O) groups excluding carboxylic acids is 1. The van der Waals surface area contributed by atoms with E-state index in [2.05, 4.69) is 20.9 Å². The monoisotopic (exact) mass is 356 g/mol. The van der Waals surface area contributed by atoms with Crippen molar-refractivity contribution in [3.8, 4) is 0 Å². The second-order valence-electron chi connectivity index (χ2n) is 5.99. The number of hydrogen-bond acceptors (Lipinski definition) is 2. The van der Waals surface area contributed by atoms with Crippen molar-refractivity contribution in [3.63, 3.8) is 0 Å². The summed E-state index contributed by atoms with van der Waals surface area (Å²) < 4.78 is 36.3. The van der Waals surface area contributed by atoms with Gasteiger partial charge in [-0.1, -0.05) is 18.2 Å². The Morgan fingerprint density at radius 3 is 2.76 bits per heavy atom. The number of para-hydroxylation sites is 1. The van der Waals surface area contributed by atoms with Gasteiger partial charge in [-0.15, -0.1) is 0 Å². The molecule has 1 aromatic carbocycles. The predicted octanol–water partition coefficient (Wildman–Crippen LogP) is 3.01. The van der Waals surface area contributed by atoms with Gasteiger partial charge in [0.25, 0.3) is 0 Å². The smallest absolute Gasteiger partial charge is 0.356 e. The Morgan fingerprint density at radius 2 is 2.04 bits per heavy atom. The van der Waals surface area contributed by atoms with Crippen molar-refractivity contribution in [3.05, 3.63) is 29.8 Å². The lowest BCUT2D eigenvalue weighted by molar-refractivity contribution is -0.135. The summed E-state index contributed by atoms with van der Waals surface area (Å²) in [6, 6.07) is 7.65. The maximum atomic E-state index is 12.1. The molecule has 0 fully saturated rings. The molecule has 8 heteroatoms. The van der Waals surface area contributed by atoms with Crippen molar-refractivity contribution >= 4 is 17.6 Å². The van der Waals surface area contributed by atoms with Crippen molar-refractivity contribution in [2.45, 2.75) is 37.8 Å². The van der Waals surface area contributed by atoms with E-state index in [1.165, 1.54) is 0 Å². The molecule has 1 unspecified atom stereocenters. The van der Waals surface area contributed by atoms with E-state index in [1.807, 2.05) is 24.3 Å². The Kier molecular flexibility index (Phi) is 6.66. The van der Waals surface area contributed by atoms with Gasteiger partial charge in [-0.25, -0.2) is 0 Å². The first-order valence-corrected chi connectivity index (χ1v) is 8.29. The molecule has 0 saturated heterocycles. The number of guanidine groups is 1. The fourth-order valence-electron chi connectivity index (χ4n) is 2.78. The first kappa shape index (κ1) is 19.1. The Balaban J connectivity index is 1.78. The molecule has 0 aliphatic carbocycles.